The second-order valence-corrected chi connectivity index (χ2v) is 7.13. The molecule has 1 heterocycles. The molecule has 3 nitrogen and oxygen atoms in total. The zero-order valence-electron chi connectivity index (χ0n) is 14.0. The fourth-order valence-corrected chi connectivity index (χ4v) is 3.29. The van der Waals surface area contributed by atoms with Gasteiger partial charge in [-0.3, -0.25) is 0 Å². The van der Waals surface area contributed by atoms with Crippen molar-refractivity contribution in [2.75, 3.05) is 19.6 Å². The number of aliphatic hydroxyl groups is 1. The van der Waals surface area contributed by atoms with Crippen molar-refractivity contribution in [1.29, 1.82) is 0 Å². The average Bonchev–Trinajstić information content (AvgIpc) is 2.58. The van der Waals surface area contributed by atoms with Gasteiger partial charge in [-0.2, -0.15) is 0 Å². The molecule has 1 unspecified atom stereocenters. The van der Waals surface area contributed by atoms with E-state index in [0.29, 0.717) is 11.6 Å². The average molecular weight is 346 g/mol. The maximum atomic E-state index is 10.9. The first-order valence-electron chi connectivity index (χ1n) is 8.52. The Labute approximate surface area is 148 Å². The van der Waals surface area contributed by atoms with Crippen LogP contribution in [0.4, 0.5) is 0 Å². The van der Waals surface area contributed by atoms with Crippen LogP contribution in [0.15, 0.2) is 48.5 Å². The molecule has 0 amide bonds. The highest BCUT2D eigenvalue weighted by Gasteiger charge is 2.27. The molecule has 24 heavy (non-hydrogen) atoms. The predicted molar refractivity (Wildman–Crippen MR) is 97.8 cm³/mol. The highest BCUT2D eigenvalue weighted by Crippen LogP contribution is 2.28. The molecule has 1 saturated heterocycles. The third-order valence-corrected chi connectivity index (χ3v) is 4.76. The summed E-state index contributed by atoms with van der Waals surface area (Å²) in [4.78, 5) is 2.35. The maximum absolute atomic E-state index is 10.9. The van der Waals surface area contributed by atoms with E-state index in [9.17, 15) is 5.11 Å². The quantitative estimate of drug-likeness (QED) is 0.842. The third-order valence-electron chi connectivity index (χ3n) is 4.51. The van der Waals surface area contributed by atoms with E-state index >= 15 is 0 Å². The van der Waals surface area contributed by atoms with Crippen molar-refractivity contribution in [1.82, 2.24) is 4.90 Å². The molecule has 0 aliphatic carbocycles. The van der Waals surface area contributed by atoms with E-state index in [0.717, 1.165) is 30.2 Å². The van der Waals surface area contributed by atoms with Gasteiger partial charge < -0.3 is 14.7 Å². The first-order valence-corrected chi connectivity index (χ1v) is 8.89. The van der Waals surface area contributed by atoms with Gasteiger partial charge in [0.2, 0.25) is 0 Å². The Morgan fingerprint density at radius 3 is 2.08 bits per heavy atom. The summed E-state index contributed by atoms with van der Waals surface area (Å²) in [6, 6.07) is 14.9. The molecule has 2 aromatic rings. The number of ether oxygens (including phenoxy) is 1. The molecule has 1 atom stereocenters. The normalized spacial score (nSPS) is 18.1. The van der Waals surface area contributed by atoms with E-state index < -0.39 is 5.60 Å². The predicted octanol–water partition coefficient (Wildman–Crippen LogP) is 4.83. The van der Waals surface area contributed by atoms with Crippen molar-refractivity contribution in [2.24, 2.45) is 0 Å². The molecule has 0 bridgehead atoms. The summed E-state index contributed by atoms with van der Waals surface area (Å²) >= 11 is 5.88. The molecule has 3 rings (SSSR count). The highest BCUT2D eigenvalue weighted by atomic mass is 35.5. The molecule has 0 aromatic heterocycles. The maximum Gasteiger partial charge on any atom is 0.127 e. The number of likely N-dealkylation sites (tertiary alicyclic amines) is 1. The zero-order valence-corrected chi connectivity index (χ0v) is 14.8. The number of β-amino-alcohol motifs (C(OH)–C–C–N with tert-alkyl or cyclic N) is 1. The fraction of sp³-hybridized carbons (Fsp3) is 0.400. The van der Waals surface area contributed by atoms with Gasteiger partial charge in [-0.05, 0) is 74.8 Å². The smallest absolute Gasteiger partial charge is 0.127 e. The molecule has 0 radical (unpaired) electrons. The van der Waals surface area contributed by atoms with Gasteiger partial charge in [-0.25, -0.2) is 0 Å². The zero-order chi connectivity index (χ0) is 17.0. The van der Waals surface area contributed by atoms with E-state index in [-0.39, 0.29) is 0 Å². The van der Waals surface area contributed by atoms with E-state index in [2.05, 4.69) is 4.90 Å². The number of hydrogen-bond donors (Lipinski definition) is 1. The van der Waals surface area contributed by atoms with Gasteiger partial charge in [0.15, 0.2) is 0 Å². The molecule has 1 fully saturated rings. The van der Waals surface area contributed by atoms with Gasteiger partial charge in [-0.1, -0.05) is 30.2 Å². The summed E-state index contributed by atoms with van der Waals surface area (Å²) < 4.78 is 5.80. The Morgan fingerprint density at radius 2 is 1.50 bits per heavy atom. The first kappa shape index (κ1) is 17.3. The summed E-state index contributed by atoms with van der Waals surface area (Å²) in [7, 11) is 0. The van der Waals surface area contributed by atoms with Crippen molar-refractivity contribution < 1.29 is 9.84 Å². The number of rotatable bonds is 5. The Morgan fingerprint density at radius 1 is 0.958 bits per heavy atom. The monoisotopic (exact) mass is 345 g/mol. The van der Waals surface area contributed by atoms with Crippen LogP contribution in [-0.2, 0) is 5.60 Å². The van der Waals surface area contributed by atoms with Crippen molar-refractivity contribution in [3.63, 3.8) is 0 Å². The van der Waals surface area contributed by atoms with Crippen LogP contribution in [0.2, 0.25) is 5.02 Å². The minimum absolute atomic E-state index is 0.671. The molecule has 4 heteroatoms. The molecule has 1 aliphatic heterocycles. The van der Waals surface area contributed by atoms with E-state index in [1.807, 2.05) is 43.3 Å². The Bertz CT molecular complexity index is 646. The fourth-order valence-electron chi connectivity index (χ4n) is 3.16. The molecule has 128 valence electrons. The summed E-state index contributed by atoms with van der Waals surface area (Å²) in [5.74, 6) is 1.49. The number of piperidine rings is 1. The second-order valence-electron chi connectivity index (χ2n) is 6.69. The van der Waals surface area contributed by atoms with Gasteiger partial charge in [-0.15, -0.1) is 0 Å². The van der Waals surface area contributed by atoms with Crippen molar-refractivity contribution in [2.45, 2.75) is 31.8 Å². The minimum Gasteiger partial charge on any atom is -0.457 e. The number of hydrogen-bond acceptors (Lipinski definition) is 3. The molecule has 1 aliphatic rings. The number of nitrogens with zero attached hydrogens (tertiary/aromatic N) is 1. The first-order chi connectivity index (χ1) is 11.5. The van der Waals surface area contributed by atoms with Crippen LogP contribution < -0.4 is 4.74 Å². The standard InChI is InChI=1S/C20H24ClNO2/c1-20(23,15-22-13-3-2-4-14-22)16-5-9-18(10-6-16)24-19-11-7-17(21)8-12-19/h5-12,23H,2-4,13-15H2,1H3. The van der Waals surface area contributed by atoms with Crippen LogP contribution in [0.25, 0.3) is 0 Å². The number of halogens is 1. The second kappa shape index (κ2) is 7.56. The van der Waals surface area contributed by atoms with Crippen LogP contribution in [0, 0.1) is 0 Å². The van der Waals surface area contributed by atoms with Crippen LogP contribution in [0.5, 0.6) is 11.5 Å². The topological polar surface area (TPSA) is 32.7 Å². The lowest BCUT2D eigenvalue weighted by Gasteiger charge is -2.34. The van der Waals surface area contributed by atoms with Crippen LogP contribution in [-0.4, -0.2) is 29.6 Å². The van der Waals surface area contributed by atoms with E-state index in [1.54, 1.807) is 12.1 Å². The van der Waals surface area contributed by atoms with Gasteiger partial charge in [0.25, 0.3) is 0 Å². The van der Waals surface area contributed by atoms with Crippen LogP contribution in [0.3, 0.4) is 0 Å². The highest BCUT2D eigenvalue weighted by molar-refractivity contribution is 6.30. The summed E-state index contributed by atoms with van der Waals surface area (Å²) in [6.07, 6.45) is 3.75. The van der Waals surface area contributed by atoms with Crippen molar-refractivity contribution in [3.8, 4) is 11.5 Å². The Hall–Kier alpha value is -1.55. The minimum atomic E-state index is -0.851. The summed E-state index contributed by atoms with van der Waals surface area (Å²) in [5, 5.41) is 11.5. The largest absolute Gasteiger partial charge is 0.457 e. The van der Waals surface area contributed by atoms with Gasteiger partial charge in [0.1, 0.15) is 11.5 Å². The summed E-state index contributed by atoms with van der Waals surface area (Å²) in [6.45, 7) is 4.71. The van der Waals surface area contributed by atoms with Crippen LogP contribution >= 0.6 is 11.6 Å². The van der Waals surface area contributed by atoms with Crippen LogP contribution in [0.1, 0.15) is 31.7 Å². The van der Waals surface area contributed by atoms with Gasteiger partial charge >= 0.3 is 0 Å². The van der Waals surface area contributed by atoms with Gasteiger partial charge in [0, 0.05) is 11.6 Å². The SMILES string of the molecule is CC(O)(CN1CCCCC1)c1ccc(Oc2ccc(Cl)cc2)cc1. The summed E-state index contributed by atoms with van der Waals surface area (Å²) in [5.41, 5.74) is 0.0624. The molecule has 0 saturated carbocycles. The van der Waals surface area contributed by atoms with E-state index in [4.69, 9.17) is 16.3 Å². The lowest BCUT2D eigenvalue weighted by molar-refractivity contribution is 0.0105. The molecule has 2 aromatic carbocycles. The molecule has 1 N–H and O–H groups in total. The Kier molecular flexibility index (Phi) is 5.44. The third kappa shape index (κ3) is 4.50. The van der Waals surface area contributed by atoms with Gasteiger partial charge in [0.05, 0.1) is 5.60 Å². The van der Waals surface area contributed by atoms with Crippen molar-refractivity contribution in [3.05, 3.63) is 59.1 Å². The number of benzene rings is 2. The van der Waals surface area contributed by atoms with E-state index in [1.165, 1.54) is 19.3 Å². The lowest BCUT2D eigenvalue weighted by Crippen LogP contribution is -2.41. The lowest BCUT2D eigenvalue weighted by atomic mass is 9.94. The molecule has 0 spiro atoms. The molecular formula is C20H24ClNO2. The molecular weight excluding hydrogens is 322 g/mol. The Balaban J connectivity index is 1.65. The van der Waals surface area contributed by atoms with Crippen molar-refractivity contribution >= 4 is 11.6 Å².